The van der Waals surface area contributed by atoms with Crippen molar-refractivity contribution >= 4 is 39.1 Å². The molecule has 0 saturated carbocycles. The first-order valence-electron chi connectivity index (χ1n) is 8.10. The highest BCUT2D eigenvalue weighted by Crippen LogP contribution is 2.30. The van der Waals surface area contributed by atoms with E-state index in [0.29, 0.717) is 28.4 Å². The number of aryl methyl sites for hydroxylation is 2. The molecule has 3 N–H and O–H groups in total. The molecule has 2 aromatic rings. The topological polar surface area (TPSA) is 74.0 Å². The van der Waals surface area contributed by atoms with E-state index in [1.807, 2.05) is 32.9 Å². The zero-order valence-corrected chi connectivity index (χ0v) is 16.8. The maximum atomic E-state index is 12.5. The van der Waals surface area contributed by atoms with E-state index in [1.54, 1.807) is 6.07 Å². The number of benzene rings is 1. The van der Waals surface area contributed by atoms with Crippen molar-refractivity contribution in [3.63, 3.8) is 0 Å². The van der Waals surface area contributed by atoms with Gasteiger partial charge in [-0.15, -0.1) is 0 Å². The summed E-state index contributed by atoms with van der Waals surface area (Å²) < 4.78 is 0.749. The molecule has 0 unspecified atom stereocenters. The molecule has 5 nitrogen and oxygen atoms in total. The number of anilines is 1. The minimum Gasteiger partial charge on any atom is -0.384 e. The first-order valence-corrected chi connectivity index (χ1v) is 9.27. The van der Waals surface area contributed by atoms with Gasteiger partial charge in [-0.2, -0.15) is 0 Å². The SMILES string of the molecule is CCNc1cc(Br)cc(C(=O)NCc2c(C)cc(CC)[nH]c2=O)c1Cl. The second-order valence-corrected chi connectivity index (χ2v) is 6.96. The Morgan fingerprint density at radius 3 is 2.60 bits per heavy atom. The van der Waals surface area contributed by atoms with Gasteiger partial charge in [0.25, 0.3) is 11.5 Å². The summed E-state index contributed by atoms with van der Waals surface area (Å²) >= 11 is 9.71. The van der Waals surface area contributed by atoms with Gasteiger partial charge >= 0.3 is 0 Å². The maximum absolute atomic E-state index is 12.5. The highest BCUT2D eigenvalue weighted by molar-refractivity contribution is 9.10. The summed E-state index contributed by atoms with van der Waals surface area (Å²) in [4.78, 5) is 27.5. The molecule has 7 heteroatoms. The molecule has 0 aliphatic heterocycles. The molecule has 1 aromatic heterocycles. The van der Waals surface area contributed by atoms with Crippen LogP contribution in [-0.2, 0) is 13.0 Å². The molecule has 1 aromatic carbocycles. The van der Waals surface area contributed by atoms with E-state index in [2.05, 4.69) is 31.5 Å². The molecule has 0 radical (unpaired) electrons. The number of hydrogen-bond donors (Lipinski definition) is 3. The number of aromatic nitrogens is 1. The zero-order valence-electron chi connectivity index (χ0n) is 14.4. The molecular weight excluding hydrogens is 406 g/mol. The van der Waals surface area contributed by atoms with Crippen LogP contribution in [-0.4, -0.2) is 17.4 Å². The molecule has 25 heavy (non-hydrogen) atoms. The second kappa shape index (κ2) is 8.54. The Kier molecular flexibility index (Phi) is 6.67. The van der Waals surface area contributed by atoms with Gasteiger partial charge in [0.15, 0.2) is 0 Å². The fourth-order valence-electron chi connectivity index (χ4n) is 2.53. The molecule has 1 heterocycles. The van der Waals surface area contributed by atoms with Crippen LogP contribution in [0.5, 0.6) is 0 Å². The average molecular weight is 427 g/mol. The Morgan fingerprint density at radius 1 is 1.28 bits per heavy atom. The lowest BCUT2D eigenvalue weighted by Gasteiger charge is -2.13. The lowest BCUT2D eigenvalue weighted by atomic mass is 10.1. The van der Waals surface area contributed by atoms with Crippen LogP contribution in [0.1, 0.15) is 41.0 Å². The first-order chi connectivity index (χ1) is 11.9. The van der Waals surface area contributed by atoms with Crippen LogP contribution in [0.2, 0.25) is 5.02 Å². The average Bonchev–Trinajstić information content (AvgIpc) is 2.56. The van der Waals surface area contributed by atoms with Gasteiger partial charge in [0.05, 0.1) is 16.3 Å². The van der Waals surface area contributed by atoms with Gasteiger partial charge in [0.2, 0.25) is 0 Å². The van der Waals surface area contributed by atoms with Crippen LogP contribution < -0.4 is 16.2 Å². The predicted molar refractivity (Wildman–Crippen MR) is 106 cm³/mol. The summed E-state index contributed by atoms with van der Waals surface area (Å²) in [5, 5.41) is 6.26. The fraction of sp³-hybridized carbons (Fsp3) is 0.333. The van der Waals surface area contributed by atoms with Gasteiger partial charge in [0.1, 0.15) is 0 Å². The molecule has 0 aliphatic rings. The summed E-state index contributed by atoms with van der Waals surface area (Å²) in [6.45, 7) is 6.62. The van der Waals surface area contributed by atoms with Gasteiger partial charge in [0, 0.05) is 28.8 Å². The van der Waals surface area contributed by atoms with Gasteiger partial charge in [-0.3, -0.25) is 9.59 Å². The van der Waals surface area contributed by atoms with Crippen molar-refractivity contribution in [3.05, 3.63) is 60.4 Å². The summed E-state index contributed by atoms with van der Waals surface area (Å²) in [6, 6.07) is 5.41. The molecule has 0 bridgehead atoms. The van der Waals surface area contributed by atoms with Crippen molar-refractivity contribution in [2.45, 2.75) is 33.7 Å². The first kappa shape index (κ1) is 19.5. The van der Waals surface area contributed by atoms with Gasteiger partial charge in [-0.05, 0) is 44.0 Å². The van der Waals surface area contributed by atoms with E-state index in [0.717, 1.165) is 22.2 Å². The van der Waals surface area contributed by atoms with Gasteiger partial charge in [-0.25, -0.2) is 0 Å². The number of carbonyl (C=O) groups excluding carboxylic acids is 1. The smallest absolute Gasteiger partial charge is 0.253 e. The van der Waals surface area contributed by atoms with Crippen LogP contribution in [0.4, 0.5) is 5.69 Å². The molecule has 0 atom stereocenters. The minimum atomic E-state index is -0.330. The molecule has 134 valence electrons. The largest absolute Gasteiger partial charge is 0.384 e. The molecule has 0 aliphatic carbocycles. The lowest BCUT2D eigenvalue weighted by molar-refractivity contribution is 0.0951. The van der Waals surface area contributed by atoms with Crippen molar-refractivity contribution in [1.82, 2.24) is 10.3 Å². The Balaban J connectivity index is 2.23. The number of amides is 1. The number of carbonyl (C=O) groups is 1. The highest BCUT2D eigenvalue weighted by atomic mass is 79.9. The van der Waals surface area contributed by atoms with Crippen molar-refractivity contribution in [3.8, 4) is 0 Å². The lowest BCUT2D eigenvalue weighted by Crippen LogP contribution is -2.28. The van der Waals surface area contributed by atoms with Crippen molar-refractivity contribution < 1.29 is 4.79 Å². The monoisotopic (exact) mass is 425 g/mol. The summed E-state index contributed by atoms with van der Waals surface area (Å²) in [5.41, 5.74) is 3.14. The quantitative estimate of drug-likeness (QED) is 0.653. The normalized spacial score (nSPS) is 10.6. The molecule has 0 saturated heterocycles. The van der Waals surface area contributed by atoms with Crippen molar-refractivity contribution in [1.29, 1.82) is 0 Å². The number of H-pyrrole nitrogens is 1. The Morgan fingerprint density at radius 2 is 2.00 bits per heavy atom. The molecule has 2 rings (SSSR count). The second-order valence-electron chi connectivity index (χ2n) is 5.67. The molecule has 1 amide bonds. The number of nitrogens with one attached hydrogen (secondary N) is 3. The maximum Gasteiger partial charge on any atom is 0.253 e. The molecule has 0 spiro atoms. The minimum absolute atomic E-state index is 0.142. The fourth-order valence-corrected chi connectivity index (χ4v) is 3.25. The third-order valence-corrected chi connectivity index (χ3v) is 4.74. The van der Waals surface area contributed by atoms with Crippen LogP contribution in [0.25, 0.3) is 0 Å². The molecular formula is C18H21BrClN3O2. The van der Waals surface area contributed by atoms with E-state index in [9.17, 15) is 9.59 Å². The predicted octanol–water partition coefficient (Wildman–Crippen LogP) is 4.02. The number of hydrogen-bond acceptors (Lipinski definition) is 3. The third-order valence-electron chi connectivity index (χ3n) is 3.87. The highest BCUT2D eigenvalue weighted by Gasteiger charge is 2.16. The van der Waals surface area contributed by atoms with E-state index >= 15 is 0 Å². The summed E-state index contributed by atoms with van der Waals surface area (Å²) in [5.74, 6) is -0.330. The van der Waals surface area contributed by atoms with Crippen molar-refractivity contribution in [2.24, 2.45) is 0 Å². The number of pyridine rings is 1. The number of aromatic amines is 1. The van der Waals surface area contributed by atoms with Crippen LogP contribution in [0.3, 0.4) is 0 Å². The van der Waals surface area contributed by atoms with Gasteiger partial charge in [-0.1, -0.05) is 34.5 Å². The summed E-state index contributed by atoms with van der Waals surface area (Å²) in [6.07, 6.45) is 0.754. The van der Waals surface area contributed by atoms with E-state index in [-0.39, 0.29) is 18.0 Å². The Bertz CT molecular complexity index is 849. The van der Waals surface area contributed by atoms with Crippen LogP contribution in [0.15, 0.2) is 27.5 Å². The Hall–Kier alpha value is -1.79. The number of rotatable bonds is 6. The number of halogens is 2. The third kappa shape index (κ3) is 4.64. The van der Waals surface area contributed by atoms with E-state index in [4.69, 9.17) is 11.6 Å². The van der Waals surface area contributed by atoms with Crippen LogP contribution >= 0.6 is 27.5 Å². The standard InChI is InChI=1S/C18H21BrClN3O2/c1-4-12-6-10(3)14(18(25)23-12)9-22-17(24)13-7-11(19)8-15(16(13)20)21-5-2/h6-8,21H,4-5,9H2,1-3H3,(H,22,24)(H,23,25). The van der Waals surface area contributed by atoms with Crippen molar-refractivity contribution in [2.75, 3.05) is 11.9 Å². The molecule has 0 fully saturated rings. The van der Waals surface area contributed by atoms with Crippen LogP contribution in [0, 0.1) is 6.92 Å². The Labute approximate surface area is 160 Å². The zero-order chi connectivity index (χ0) is 18.6. The van der Waals surface area contributed by atoms with E-state index < -0.39 is 0 Å². The van der Waals surface area contributed by atoms with Gasteiger partial charge < -0.3 is 15.6 Å². The van der Waals surface area contributed by atoms with E-state index in [1.165, 1.54) is 0 Å². The summed E-state index contributed by atoms with van der Waals surface area (Å²) in [7, 11) is 0.